The Labute approximate surface area is 100 Å². The quantitative estimate of drug-likeness (QED) is 0.435. The molecular formula is C12H16O3S. The van der Waals surface area contributed by atoms with Gasteiger partial charge in [-0.15, -0.1) is 11.8 Å². The molecule has 4 heteroatoms. The fraction of sp³-hybridized carbons (Fsp3) is 0.417. The second-order valence-corrected chi connectivity index (χ2v) is 4.14. The molecule has 88 valence electrons. The molecule has 3 nitrogen and oxygen atoms in total. The third-order valence-corrected chi connectivity index (χ3v) is 3.03. The monoisotopic (exact) mass is 240 g/mol. The van der Waals surface area contributed by atoms with Gasteiger partial charge in [-0.1, -0.05) is 12.1 Å². The molecule has 0 aromatic heterocycles. The van der Waals surface area contributed by atoms with Crippen LogP contribution in [0.5, 0.6) is 0 Å². The maximum Gasteiger partial charge on any atom is 0.167 e. The first kappa shape index (κ1) is 13.2. The minimum Gasteiger partial charge on any atom is -0.355 e. The van der Waals surface area contributed by atoms with Gasteiger partial charge in [0, 0.05) is 24.7 Å². The van der Waals surface area contributed by atoms with Crippen LogP contribution in [0, 0.1) is 0 Å². The molecule has 0 fully saturated rings. The van der Waals surface area contributed by atoms with Gasteiger partial charge in [-0.3, -0.25) is 4.79 Å². The number of carbonyl (C=O) groups excluding carboxylic acids is 1. The number of hydrogen-bond donors (Lipinski definition) is 0. The third kappa shape index (κ3) is 3.63. The molecule has 0 bridgehead atoms. The fourth-order valence-corrected chi connectivity index (χ4v) is 1.72. The molecule has 0 saturated carbocycles. The zero-order valence-corrected chi connectivity index (χ0v) is 10.5. The lowest BCUT2D eigenvalue weighted by Crippen LogP contribution is -2.18. The van der Waals surface area contributed by atoms with E-state index in [1.54, 1.807) is 11.8 Å². The predicted molar refractivity (Wildman–Crippen MR) is 65.0 cm³/mol. The molecule has 0 atom stereocenters. The van der Waals surface area contributed by atoms with Crippen LogP contribution in [0.25, 0.3) is 0 Å². The van der Waals surface area contributed by atoms with Gasteiger partial charge in [-0.25, -0.2) is 0 Å². The first-order valence-corrected chi connectivity index (χ1v) is 6.16. The summed E-state index contributed by atoms with van der Waals surface area (Å²) in [7, 11) is 3.05. The van der Waals surface area contributed by atoms with Crippen LogP contribution in [0.4, 0.5) is 0 Å². The second-order valence-electron chi connectivity index (χ2n) is 3.26. The summed E-state index contributed by atoms with van der Waals surface area (Å²) in [5, 5.41) is 0. The van der Waals surface area contributed by atoms with E-state index in [4.69, 9.17) is 9.47 Å². The van der Waals surface area contributed by atoms with Crippen molar-refractivity contribution < 1.29 is 14.3 Å². The molecule has 0 aliphatic rings. The van der Waals surface area contributed by atoms with E-state index >= 15 is 0 Å². The SMILES string of the molecule is COC(CC(=O)c1ccc(SC)cc1)OC. The van der Waals surface area contributed by atoms with Crippen molar-refractivity contribution in [2.75, 3.05) is 20.5 Å². The topological polar surface area (TPSA) is 35.5 Å². The van der Waals surface area contributed by atoms with Crippen molar-refractivity contribution >= 4 is 17.5 Å². The van der Waals surface area contributed by atoms with Crippen molar-refractivity contribution in [1.29, 1.82) is 0 Å². The van der Waals surface area contributed by atoms with Crippen molar-refractivity contribution in [2.45, 2.75) is 17.6 Å². The molecule has 0 N–H and O–H groups in total. The lowest BCUT2D eigenvalue weighted by atomic mass is 10.1. The van der Waals surface area contributed by atoms with E-state index in [0.29, 0.717) is 5.56 Å². The van der Waals surface area contributed by atoms with Crippen molar-refractivity contribution in [1.82, 2.24) is 0 Å². The highest BCUT2D eigenvalue weighted by atomic mass is 32.2. The standard InChI is InChI=1S/C12H16O3S/c1-14-12(15-2)8-11(13)9-4-6-10(16-3)7-5-9/h4-7,12H,8H2,1-3H3. The Hall–Kier alpha value is -0.840. The number of benzene rings is 1. The second kappa shape index (κ2) is 6.68. The minimum absolute atomic E-state index is 0.0290. The van der Waals surface area contributed by atoms with E-state index in [9.17, 15) is 4.79 Å². The first-order chi connectivity index (χ1) is 7.71. The number of methoxy groups -OCH3 is 2. The van der Waals surface area contributed by atoms with E-state index in [1.165, 1.54) is 14.2 Å². The van der Waals surface area contributed by atoms with Gasteiger partial charge in [0.1, 0.15) is 0 Å². The van der Waals surface area contributed by atoms with Gasteiger partial charge in [-0.2, -0.15) is 0 Å². The molecule has 0 heterocycles. The van der Waals surface area contributed by atoms with Crippen molar-refractivity contribution in [3.63, 3.8) is 0 Å². The Morgan fingerprint density at radius 2 is 1.81 bits per heavy atom. The summed E-state index contributed by atoms with van der Waals surface area (Å²) in [4.78, 5) is 13.0. The number of ether oxygens (including phenoxy) is 2. The summed E-state index contributed by atoms with van der Waals surface area (Å²) in [6.45, 7) is 0. The van der Waals surface area contributed by atoms with Crippen molar-refractivity contribution in [3.8, 4) is 0 Å². The molecule has 0 unspecified atom stereocenters. The number of Topliss-reactive ketones (excluding diaryl/α,β-unsaturated/α-hetero) is 1. The van der Waals surface area contributed by atoms with Crippen LogP contribution >= 0.6 is 11.8 Å². The van der Waals surface area contributed by atoms with Gasteiger partial charge in [0.2, 0.25) is 0 Å². The van der Waals surface area contributed by atoms with E-state index < -0.39 is 6.29 Å². The predicted octanol–water partition coefficient (Wildman–Crippen LogP) is 2.60. The minimum atomic E-state index is -0.465. The lowest BCUT2D eigenvalue weighted by molar-refractivity contribution is -0.0993. The highest BCUT2D eigenvalue weighted by Gasteiger charge is 2.13. The van der Waals surface area contributed by atoms with Gasteiger partial charge in [0.05, 0.1) is 6.42 Å². The Bertz CT molecular complexity index is 331. The summed E-state index contributed by atoms with van der Waals surface area (Å²) in [5.41, 5.74) is 0.692. The Morgan fingerprint density at radius 3 is 2.25 bits per heavy atom. The number of rotatable bonds is 6. The maximum atomic E-state index is 11.8. The van der Waals surface area contributed by atoms with Crippen LogP contribution in [0.15, 0.2) is 29.2 Å². The average Bonchev–Trinajstić information content (AvgIpc) is 2.35. The van der Waals surface area contributed by atoms with Gasteiger partial charge < -0.3 is 9.47 Å². The summed E-state index contributed by atoms with van der Waals surface area (Å²) >= 11 is 1.65. The van der Waals surface area contributed by atoms with E-state index in [2.05, 4.69) is 0 Å². The molecule has 0 aliphatic carbocycles. The van der Waals surface area contributed by atoms with Gasteiger partial charge in [0.25, 0.3) is 0 Å². The van der Waals surface area contributed by atoms with Crippen LogP contribution in [0.3, 0.4) is 0 Å². The summed E-state index contributed by atoms with van der Waals surface area (Å²) in [6.07, 6.45) is 1.78. The van der Waals surface area contributed by atoms with Gasteiger partial charge >= 0.3 is 0 Å². The Kier molecular flexibility index (Phi) is 5.52. The van der Waals surface area contributed by atoms with Crippen LogP contribution in [-0.4, -0.2) is 32.5 Å². The van der Waals surface area contributed by atoms with Crippen LogP contribution in [-0.2, 0) is 9.47 Å². The molecule has 0 amide bonds. The molecule has 1 aromatic rings. The number of thioether (sulfide) groups is 1. The number of hydrogen-bond acceptors (Lipinski definition) is 4. The molecule has 16 heavy (non-hydrogen) atoms. The number of ketones is 1. The molecule has 1 aromatic carbocycles. The largest absolute Gasteiger partial charge is 0.355 e. The van der Waals surface area contributed by atoms with Gasteiger partial charge in [0.15, 0.2) is 12.1 Å². The van der Waals surface area contributed by atoms with Crippen LogP contribution in [0.1, 0.15) is 16.8 Å². The number of carbonyl (C=O) groups is 1. The van der Waals surface area contributed by atoms with Crippen LogP contribution < -0.4 is 0 Å². The summed E-state index contributed by atoms with van der Waals surface area (Å²) in [6, 6.07) is 7.53. The third-order valence-electron chi connectivity index (χ3n) is 2.29. The van der Waals surface area contributed by atoms with Gasteiger partial charge in [-0.05, 0) is 18.4 Å². The molecular weight excluding hydrogens is 224 g/mol. The first-order valence-electron chi connectivity index (χ1n) is 4.94. The molecule has 0 radical (unpaired) electrons. The highest BCUT2D eigenvalue weighted by Crippen LogP contribution is 2.16. The normalized spacial score (nSPS) is 10.8. The van der Waals surface area contributed by atoms with E-state index in [1.807, 2.05) is 30.5 Å². The smallest absolute Gasteiger partial charge is 0.167 e. The van der Waals surface area contributed by atoms with Crippen LogP contribution in [0.2, 0.25) is 0 Å². The van der Waals surface area contributed by atoms with Crippen molar-refractivity contribution in [3.05, 3.63) is 29.8 Å². The molecule has 1 rings (SSSR count). The zero-order chi connectivity index (χ0) is 12.0. The Morgan fingerprint density at radius 1 is 1.25 bits per heavy atom. The lowest BCUT2D eigenvalue weighted by Gasteiger charge is -2.12. The molecule has 0 spiro atoms. The summed E-state index contributed by atoms with van der Waals surface area (Å²) < 4.78 is 9.98. The molecule has 0 saturated heterocycles. The Balaban J connectivity index is 2.65. The fourth-order valence-electron chi connectivity index (χ4n) is 1.31. The zero-order valence-electron chi connectivity index (χ0n) is 9.73. The van der Waals surface area contributed by atoms with E-state index in [-0.39, 0.29) is 12.2 Å². The van der Waals surface area contributed by atoms with E-state index in [0.717, 1.165) is 4.90 Å². The highest BCUT2D eigenvalue weighted by molar-refractivity contribution is 7.98. The summed E-state index contributed by atoms with van der Waals surface area (Å²) in [5.74, 6) is 0.0290. The average molecular weight is 240 g/mol. The maximum absolute atomic E-state index is 11.8. The van der Waals surface area contributed by atoms with Crippen molar-refractivity contribution in [2.24, 2.45) is 0 Å². The molecule has 0 aliphatic heterocycles.